The second kappa shape index (κ2) is 4.76. The van der Waals surface area contributed by atoms with Gasteiger partial charge in [0.25, 0.3) is 0 Å². The fourth-order valence-electron chi connectivity index (χ4n) is 2.51. The van der Waals surface area contributed by atoms with E-state index in [9.17, 15) is 5.11 Å². The number of ether oxygens (including phenoxy) is 1. The molecule has 1 aromatic rings. The Balaban J connectivity index is 2.44. The molecule has 0 aliphatic heterocycles. The van der Waals surface area contributed by atoms with Gasteiger partial charge in [0.05, 0.1) is 12.7 Å². The van der Waals surface area contributed by atoms with Crippen LogP contribution >= 0.6 is 15.9 Å². The zero-order chi connectivity index (χ0) is 11.6. The Morgan fingerprint density at radius 1 is 1.25 bits per heavy atom. The van der Waals surface area contributed by atoms with Gasteiger partial charge in [-0.2, -0.15) is 0 Å². The summed E-state index contributed by atoms with van der Waals surface area (Å²) in [6.07, 6.45) is 5.04. The molecular formula is C13H17BrO2. The van der Waals surface area contributed by atoms with Crippen molar-refractivity contribution in [2.24, 2.45) is 0 Å². The maximum absolute atomic E-state index is 10.7. The average Bonchev–Trinajstić information content (AvgIpc) is 2.29. The minimum atomic E-state index is -0.719. The van der Waals surface area contributed by atoms with Crippen molar-refractivity contribution in [3.05, 3.63) is 28.2 Å². The third-order valence-corrected chi connectivity index (χ3v) is 4.00. The van der Waals surface area contributed by atoms with E-state index in [2.05, 4.69) is 15.9 Å². The summed E-state index contributed by atoms with van der Waals surface area (Å²) in [5, 5.41) is 10.7. The Morgan fingerprint density at radius 2 is 1.94 bits per heavy atom. The summed E-state index contributed by atoms with van der Waals surface area (Å²) in [4.78, 5) is 0. The van der Waals surface area contributed by atoms with Gasteiger partial charge in [0.15, 0.2) is 0 Å². The summed E-state index contributed by atoms with van der Waals surface area (Å²) in [7, 11) is 1.65. The van der Waals surface area contributed by atoms with E-state index in [0.29, 0.717) is 0 Å². The van der Waals surface area contributed by atoms with Gasteiger partial charge in [-0.15, -0.1) is 0 Å². The highest BCUT2D eigenvalue weighted by atomic mass is 79.9. The summed E-state index contributed by atoms with van der Waals surface area (Å²) in [5.41, 5.74) is 0.196. The third-order valence-electron chi connectivity index (χ3n) is 3.34. The molecule has 1 aromatic carbocycles. The van der Waals surface area contributed by atoms with Crippen LogP contribution in [0.5, 0.6) is 5.75 Å². The van der Waals surface area contributed by atoms with Gasteiger partial charge in [-0.05, 0) is 25.0 Å². The zero-order valence-electron chi connectivity index (χ0n) is 9.50. The van der Waals surface area contributed by atoms with Crippen molar-refractivity contribution >= 4 is 15.9 Å². The molecule has 0 atom stereocenters. The molecule has 3 heteroatoms. The molecule has 0 amide bonds. The molecule has 1 aliphatic carbocycles. The molecule has 88 valence electrons. The molecule has 0 saturated heterocycles. The Morgan fingerprint density at radius 3 is 2.56 bits per heavy atom. The number of methoxy groups -OCH3 is 1. The largest absolute Gasteiger partial charge is 0.496 e. The minimum Gasteiger partial charge on any atom is -0.496 e. The molecule has 2 nitrogen and oxygen atoms in total. The van der Waals surface area contributed by atoms with Gasteiger partial charge in [0.2, 0.25) is 0 Å². The van der Waals surface area contributed by atoms with Crippen LogP contribution in [0.15, 0.2) is 22.7 Å². The van der Waals surface area contributed by atoms with E-state index in [0.717, 1.165) is 41.5 Å². The van der Waals surface area contributed by atoms with Crippen LogP contribution < -0.4 is 4.74 Å². The molecule has 0 bridgehead atoms. The molecular weight excluding hydrogens is 268 g/mol. The van der Waals surface area contributed by atoms with Crippen molar-refractivity contribution in [3.63, 3.8) is 0 Å². The fourth-order valence-corrected chi connectivity index (χ4v) is 3.23. The van der Waals surface area contributed by atoms with Crippen molar-refractivity contribution in [3.8, 4) is 5.75 Å². The maximum atomic E-state index is 10.7. The van der Waals surface area contributed by atoms with E-state index in [1.54, 1.807) is 7.11 Å². The van der Waals surface area contributed by atoms with Crippen molar-refractivity contribution in [2.45, 2.75) is 37.7 Å². The average molecular weight is 285 g/mol. The van der Waals surface area contributed by atoms with Crippen LogP contribution in [0.25, 0.3) is 0 Å². The SMILES string of the molecule is COc1cccc(Br)c1C1(O)CCCCC1. The molecule has 0 unspecified atom stereocenters. The van der Waals surface area contributed by atoms with Gasteiger partial charge in [-0.25, -0.2) is 0 Å². The summed E-state index contributed by atoms with van der Waals surface area (Å²) >= 11 is 3.52. The molecule has 0 radical (unpaired) electrons. The maximum Gasteiger partial charge on any atom is 0.126 e. The summed E-state index contributed by atoms with van der Waals surface area (Å²) in [6, 6.07) is 5.80. The number of aliphatic hydroxyl groups is 1. The standard InChI is InChI=1S/C13H17BrO2/c1-16-11-7-5-6-10(14)12(11)13(15)8-3-2-4-9-13/h5-7,15H,2-4,8-9H2,1H3. The fraction of sp³-hybridized carbons (Fsp3) is 0.538. The van der Waals surface area contributed by atoms with Crippen molar-refractivity contribution < 1.29 is 9.84 Å². The van der Waals surface area contributed by atoms with Crippen molar-refractivity contribution in [1.29, 1.82) is 0 Å². The van der Waals surface area contributed by atoms with Crippen LogP contribution in [0, 0.1) is 0 Å². The predicted octanol–water partition coefficient (Wildman–Crippen LogP) is 3.61. The van der Waals surface area contributed by atoms with E-state index >= 15 is 0 Å². The van der Waals surface area contributed by atoms with Crippen molar-refractivity contribution in [2.75, 3.05) is 7.11 Å². The topological polar surface area (TPSA) is 29.5 Å². The van der Waals surface area contributed by atoms with Crippen LogP contribution in [0.1, 0.15) is 37.7 Å². The van der Waals surface area contributed by atoms with Gasteiger partial charge in [0, 0.05) is 10.0 Å². The summed E-state index contributed by atoms with van der Waals surface area (Å²) in [6.45, 7) is 0. The quantitative estimate of drug-likeness (QED) is 0.899. The smallest absolute Gasteiger partial charge is 0.126 e. The molecule has 16 heavy (non-hydrogen) atoms. The lowest BCUT2D eigenvalue weighted by atomic mass is 9.79. The van der Waals surface area contributed by atoms with E-state index in [-0.39, 0.29) is 0 Å². The monoisotopic (exact) mass is 284 g/mol. The van der Waals surface area contributed by atoms with Gasteiger partial charge < -0.3 is 9.84 Å². The first kappa shape index (κ1) is 11.9. The van der Waals surface area contributed by atoms with Crippen LogP contribution in [-0.4, -0.2) is 12.2 Å². The summed E-state index contributed by atoms with van der Waals surface area (Å²) in [5.74, 6) is 0.777. The first-order chi connectivity index (χ1) is 7.67. The lowest BCUT2D eigenvalue weighted by molar-refractivity contribution is -0.00324. The lowest BCUT2D eigenvalue weighted by Crippen LogP contribution is -2.29. The first-order valence-electron chi connectivity index (χ1n) is 5.73. The molecule has 1 saturated carbocycles. The molecule has 0 heterocycles. The normalized spacial score (nSPS) is 19.4. The summed E-state index contributed by atoms with van der Waals surface area (Å²) < 4.78 is 6.30. The number of halogens is 1. The molecule has 1 fully saturated rings. The van der Waals surface area contributed by atoms with E-state index in [1.165, 1.54) is 6.42 Å². The van der Waals surface area contributed by atoms with Gasteiger partial charge >= 0.3 is 0 Å². The first-order valence-corrected chi connectivity index (χ1v) is 6.52. The Labute approximate surface area is 105 Å². The Hall–Kier alpha value is -0.540. The minimum absolute atomic E-state index is 0.719. The number of rotatable bonds is 2. The second-order valence-electron chi connectivity index (χ2n) is 4.41. The zero-order valence-corrected chi connectivity index (χ0v) is 11.1. The van der Waals surface area contributed by atoms with E-state index in [4.69, 9.17) is 4.74 Å². The highest BCUT2D eigenvalue weighted by molar-refractivity contribution is 9.10. The van der Waals surface area contributed by atoms with Gasteiger partial charge in [-0.1, -0.05) is 41.3 Å². The Bertz CT molecular complexity index is 370. The Kier molecular flexibility index (Phi) is 3.55. The predicted molar refractivity (Wildman–Crippen MR) is 67.7 cm³/mol. The van der Waals surface area contributed by atoms with Crippen LogP contribution in [0.4, 0.5) is 0 Å². The number of hydrogen-bond donors (Lipinski definition) is 1. The number of hydrogen-bond acceptors (Lipinski definition) is 2. The highest BCUT2D eigenvalue weighted by Crippen LogP contribution is 2.44. The van der Waals surface area contributed by atoms with Crippen molar-refractivity contribution in [1.82, 2.24) is 0 Å². The highest BCUT2D eigenvalue weighted by Gasteiger charge is 2.35. The third kappa shape index (κ3) is 2.11. The second-order valence-corrected chi connectivity index (χ2v) is 5.26. The van der Waals surface area contributed by atoms with Crippen LogP contribution in [-0.2, 0) is 5.60 Å². The molecule has 1 N–H and O–H groups in total. The van der Waals surface area contributed by atoms with E-state index < -0.39 is 5.60 Å². The number of benzene rings is 1. The van der Waals surface area contributed by atoms with Gasteiger partial charge in [0.1, 0.15) is 5.75 Å². The lowest BCUT2D eigenvalue weighted by Gasteiger charge is -2.34. The van der Waals surface area contributed by atoms with Crippen LogP contribution in [0.2, 0.25) is 0 Å². The molecule has 2 rings (SSSR count). The molecule has 1 aliphatic rings. The van der Waals surface area contributed by atoms with E-state index in [1.807, 2.05) is 18.2 Å². The van der Waals surface area contributed by atoms with Crippen LogP contribution in [0.3, 0.4) is 0 Å². The molecule has 0 spiro atoms. The van der Waals surface area contributed by atoms with Gasteiger partial charge in [-0.3, -0.25) is 0 Å². The molecule has 0 aromatic heterocycles.